The van der Waals surface area contributed by atoms with Gasteiger partial charge in [-0.1, -0.05) is 36.4 Å². The van der Waals surface area contributed by atoms with Crippen molar-refractivity contribution in [3.05, 3.63) is 59.7 Å². The standard InChI is InChI=1S/C15H13NO3S/c1-11-6-2-4-8-13(11)16-15(17)10-12-7-3-5-9-14(12)20(16,18)19/h2-9H,10H2,1H3. The van der Waals surface area contributed by atoms with Gasteiger partial charge in [0.05, 0.1) is 17.0 Å². The molecule has 0 aromatic heterocycles. The van der Waals surface area contributed by atoms with E-state index in [-0.39, 0.29) is 11.3 Å². The molecule has 0 fully saturated rings. The lowest BCUT2D eigenvalue weighted by Gasteiger charge is -2.29. The molecule has 3 rings (SSSR count). The normalized spacial score (nSPS) is 16.9. The Bertz CT molecular complexity index is 796. The Kier molecular flexibility index (Phi) is 2.87. The van der Waals surface area contributed by atoms with Gasteiger partial charge in [-0.05, 0) is 30.2 Å². The maximum Gasteiger partial charge on any atom is 0.271 e. The highest BCUT2D eigenvalue weighted by molar-refractivity contribution is 7.93. The number of aryl methyl sites for hydroxylation is 1. The fourth-order valence-electron chi connectivity index (χ4n) is 2.42. The molecule has 1 aliphatic rings. The summed E-state index contributed by atoms with van der Waals surface area (Å²) in [7, 11) is -3.82. The maximum atomic E-state index is 12.7. The van der Waals surface area contributed by atoms with Crippen molar-refractivity contribution in [2.45, 2.75) is 18.2 Å². The molecule has 20 heavy (non-hydrogen) atoms. The first-order valence-corrected chi connectivity index (χ1v) is 7.67. The first-order valence-electron chi connectivity index (χ1n) is 6.23. The van der Waals surface area contributed by atoms with Crippen LogP contribution < -0.4 is 4.31 Å². The molecule has 0 radical (unpaired) electrons. The molecule has 5 heteroatoms. The van der Waals surface area contributed by atoms with Crippen LogP contribution in [-0.2, 0) is 21.2 Å². The van der Waals surface area contributed by atoms with Gasteiger partial charge in [0.2, 0.25) is 5.91 Å². The number of benzene rings is 2. The van der Waals surface area contributed by atoms with Crippen molar-refractivity contribution < 1.29 is 13.2 Å². The Morgan fingerprint density at radius 2 is 1.65 bits per heavy atom. The monoisotopic (exact) mass is 287 g/mol. The molecule has 2 aromatic carbocycles. The Balaban J connectivity index is 2.24. The summed E-state index contributed by atoms with van der Waals surface area (Å²) in [6.07, 6.45) is 0.101. The zero-order valence-corrected chi connectivity index (χ0v) is 11.7. The van der Waals surface area contributed by atoms with Crippen molar-refractivity contribution in [1.82, 2.24) is 0 Å². The fourth-order valence-corrected chi connectivity index (χ4v) is 4.14. The van der Waals surface area contributed by atoms with E-state index in [0.717, 1.165) is 9.87 Å². The molecular formula is C15H13NO3S. The van der Waals surface area contributed by atoms with Crippen molar-refractivity contribution in [2.75, 3.05) is 4.31 Å². The molecule has 0 N–H and O–H groups in total. The van der Waals surface area contributed by atoms with Crippen LogP contribution in [0.25, 0.3) is 0 Å². The fraction of sp³-hybridized carbons (Fsp3) is 0.133. The molecule has 1 heterocycles. The third-order valence-corrected chi connectivity index (χ3v) is 5.23. The minimum absolute atomic E-state index is 0.101. The summed E-state index contributed by atoms with van der Waals surface area (Å²) >= 11 is 0. The van der Waals surface area contributed by atoms with Gasteiger partial charge in [-0.2, -0.15) is 0 Å². The second kappa shape index (κ2) is 4.45. The Labute approximate surface area is 117 Å². The van der Waals surface area contributed by atoms with Crippen LogP contribution in [0.4, 0.5) is 5.69 Å². The highest BCUT2D eigenvalue weighted by atomic mass is 32.2. The highest BCUT2D eigenvalue weighted by Gasteiger charge is 2.37. The van der Waals surface area contributed by atoms with E-state index >= 15 is 0 Å². The SMILES string of the molecule is Cc1ccccc1N1C(=O)Cc2ccccc2S1(=O)=O. The Morgan fingerprint density at radius 3 is 2.40 bits per heavy atom. The Morgan fingerprint density at radius 1 is 1.00 bits per heavy atom. The average molecular weight is 287 g/mol. The van der Waals surface area contributed by atoms with Crippen molar-refractivity contribution >= 4 is 21.6 Å². The van der Waals surface area contributed by atoms with Gasteiger partial charge < -0.3 is 0 Å². The Hall–Kier alpha value is -2.14. The van der Waals surface area contributed by atoms with Gasteiger partial charge >= 0.3 is 0 Å². The highest BCUT2D eigenvalue weighted by Crippen LogP contribution is 2.32. The molecular weight excluding hydrogens is 274 g/mol. The summed E-state index contributed by atoms with van der Waals surface area (Å²) < 4.78 is 26.3. The average Bonchev–Trinajstić information content (AvgIpc) is 2.40. The largest absolute Gasteiger partial charge is 0.273 e. The van der Waals surface area contributed by atoms with Crippen LogP contribution in [-0.4, -0.2) is 14.3 Å². The molecule has 0 aliphatic carbocycles. The number of hydrogen-bond donors (Lipinski definition) is 0. The zero-order chi connectivity index (χ0) is 14.3. The number of carbonyl (C=O) groups is 1. The third kappa shape index (κ3) is 1.82. The van der Waals surface area contributed by atoms with Gasteiger partial charge in [0.1, 0.15) is 0 Å². The van der Waals surface area contributed by atoms with Crippen LogP contribution in [0.5, 0.6) is 0 Å². The van der Waals surface area contributed by atoms with Crippen LogP contribution in [0, 0.1) is 6.92 Å². The molecule has 0 saturated heterocycles. The minimum Gasteiger partial charge on any atom is -0.273 e. The van der Waals surface area contributed by atoms with E-state index in [1.807, 2.05) is 6.07 Å². The minimum atomic E-state index is -3.82. The van der Waals surface area contributed by atoms with Gasteiger partial charge in [-0.25, -0.2) is 12.7 Å². The lowest BCUT2D eigenvalue weighted by Crippen LogP contribution is -2.42. The number of anilines is 1. The van der Waals surface area contributed by atoms with E-state index < -0.39 is 15.9 Å². The topological polar surface area (TPSA) is 54.5 Å². The molecule has 102 valence electrons. The van der Waals surface area contributed by atoms with Crippen LogP contribution in [0.2, 0.25) is 0 Å². The maximum absolute atomic E-state index is 12.7. The van der Waals surface area contributed by atoms with Crippen molar-refractivity contribution in [2.24, 2.45) is 0 Å². The molecule has 0 atom stereocenters. The summed E-state index contributed by atoms with van der Waals surface area (Å²) in [5.74, 6) is -0.419. The predicted octanol–water partition coefficient (Wildman–Crippen LogP) is 2.27. The summed E-state index contributed by atoms with van der Waals surface area (Å²) in [5.41, 5.74) is 1.73. The summed E-state index contributed by atoms with van der Waals surface area (Å²) in [6, 6.07) is 13.6. The van der Waals surface area contributed by atoms with E-state index in [2.05, 4.69) is 0 Å². The lowest BCUT2D eigenvalue weighted by atomic mass is 10.1. The molecule has 0 saturated carbocycles. The number of hydrogen-bond acceptors (Lipinski definition) is 3. The molecule has 2 aromatic rings. The summed E-state index contributed by atoms with van der Waals surface area (Å²) in [4.78, 5) is 12.5. The number of amides is 1. The zero-order valence-electron chi connectivity index (χ0n) is 10.9. The van der Waals surface area contributed by atoms with Crippen LogP contribution in [0.15, 0.2) is 53.4 Å². The number of sulfonamides is 1. The van der Waals surface area contributed by atoms with E-state index in [1.165, 1.54) is 0 Å². The van der Waals surface area contributed by atoms with Crippen molar-refractivity contribution in [3.8, 4) is 0 Å². The lowest BCUT2D eigenvalue weighted by molar-refractivity contribution is -0.117. The number of rotatable bonds is 1. The van der Waals surface area contributed by atoms with E-state index in [9.17, 15) is 13.2 Å². The molecule has 1 aliphatic heterocycles. The summed E-state index contributed by atoms with van der Waals surface area (Å²) in [6.45, 7) is 1.79. The third-order valence-electron chi connectivity index (χ3n) is 3.39. The second-order valence-electron chi connectivity index (χ2n) is 4.73. The van der Waals surface area contributed by atoms with E-state index in [1.54, 1.807) is 49.4 Å². The molecule has 0 bridgehead atoms. The number of para-hydroxylation sites is 1. The first-order chi connectivity index (χ1) is 9.51. The van der Waals surface area contributed by atoms with Gasteiger partial charge in [0.25, 0.3) is 10.0 Å². The van der Waals surface area contributed by atoms with E-state index in [4.69, 9.17) is 0 Å². The number of nitrogens with zero attached hydrogens (tertiary/aromatic N) is 1. The van der Waals surface area contributed by atoms with Crippen molar-refractivity contribution in [1.29, 1.82) is 0 Å². The number of fused-ring (bicyclic) bond motifs is 1. The second-order valence-corrected chi connectivity index (χ2v) is 6.49. The van der Waals surface area contributed by atoms with Gasteiger partial charge in [0.15, 0.2) is 0 Å². The quantitative estimate of drug-likeness (QED) is 0.808. The number of carbonyl (C=O) groups excluding carboxylic acids is 1. The van der Waals surface area contributed by atoms with Crippen LogP contribution >= 0.6 is 0 Å². The van der Waals surface area contributed by atoms with Crippen LogP contribution in [0.1, 0.15) is 11.1 Å². The van der Waals surface area contributed by atoms with Crippen molar-refractivity contribution in [3.63, 3.8) is 0 Å². The molecule has 0 unspecified atom stereocenters. The molecule has 1 amide bonds. The van der Waals surface area contributed by atoms with Crippen LogP contribution in [0.3, 0.4) is 0 Å². The van der Waals surface area contributed by atoms with E-state index in [0.29, 0.717) is 11.3 Å². The first kappa shape index (κ1) is 12.9. The predicted molar refractivity (Wildman–Crippen MR) is 76.0 cm³/mol. The molecule has 4 nitrogen and oxygen atoms in total. The van der Waals surface area contributed by atoms with Gasteiger partial charge in [0, 0.05) is 0 Å². The summed E-state index contributed by atoms with van der Waals surface area (Å²) in [5, 5.41) is 0. The smallest absolute Gasteiger partial charge is 0.271 e. The molecule has 0 spiro atoms. The van der Waals surface area contributed by atoms with Gasteiger partial charge in [-0.15, -0.1) is 0 Å². The van der Waals surface area contributed by atoms with Gasteiger partial charge in [-0.3, -0.25) is 4.79 Å².